The topological polar surface area (TPSA) is 206 Å². The number of carbonyl (C=O) groups excluding carboxylic acids is 7. The molecule has 67 heavy (non-hydrogen) atoms. The Labute approximate surface area is 395 Å². The van der Waals surface area contributed by atoms with Gasteiger partial charge >= 0.3 is 12.1 Å². The number of benzene rings is 2. The number of fused-ring (bicyclic) bond motifs is 3. The van der Waals surface area contributed by atoms with E-state index >= 15 is 0 Å². The van der Waals surface area contributed by atoms with Gasteiger partial charge in [0.15, 0.2) is 0 Å². The van der Waals surface area contributed by atoms with Crippen LogP contribution in [0, 0.1) is 17.8 Å². The van der Waals surface area contributed by atoms with Crippen molar-refractivity contribution in [3.8, 4) is 11.1 Å². The van der Waals surface area contributed by atoms with Crippen LogP contribution in [0.4, 0.5) is 4.79 Å². The van der Waals surface area contributed by atoms with Gasteiger partial charge in [-0.05, 0) is 79.5 Å². The second-order valence-electron chi connectivity index (χ2n) is 19.3. The van der Waals surface area contributed by atoms with Crippen LogP contribution in [-0.2, 0) is 38.3 Å². The van der Waals surface area contributed by atoms with Crippen molar-refractivity contribution in [3.63, 3.8) is 0 Å². The lowest BCUT2D eigenvalue weighted by atomic mass is 9.94. The number of hydrogen-bond acceptors (Lipinski definition) is 9. The van der Waals surface area contributed by atoms with Gasteiger partial charge in [-0.3, -0.25) is 38.5 Å². The number of rotatable bonds is 21. The molecule has 6 atom stereocenters. The quantitative estimate of drug-likeness (QED) is 0.159. The normalized spacial score (nSPS) is 16.1. The maximum absolute atomic E-state index is 14.4. The van der Waals surface area contributed by atoms with E-state index in [1.165, 1.54) is 68.8 Å². The molecule has 0 aliphatic heterocycles. The summed E-state index contributed by atoms with van der Waals surface area (Å²) in [5.74, 6) is -5.31. The summed E-state index contributed by atoms with van der Waals surface area (Å²) in [5.41, 5.74) is 4.27. The summed E-state index contributed by atoms with van der Waals surface area (Å²) in [6, 6.07) is 9.30. The average molecular weight is 932 g/mol. The van der Waals surface area contributed by atoms with Gasteiger partial charge in [-0.1, -0.05) is 89.1 Å². The molecule has 2 aromatic rings. The first-order chi connectivity index (χ1) is 31.5. The van der Waals surface area contributed by atoms with Crippen LogP contribution in [0.15, 0.2) is 48.5 Å². The molecule has 0 aromatic heterocycles. The second-order valence-corrected chi connectivity index (χ2v) is 19.3. The van der Waals surface area contributed by atoms with Gasteiger partial charge in [-0.2, -0.15) is 0 Å². The Morgan fingerprint density at radius 1 is 0.627 bits per heavy atom. The number of likely N-dealkylation sites (N-methyl/N-ethyl adjacent to an activating group) is 5. The summed E-state index contributed by atoms with van der Waals surface area (Å²) in [4.78, 5) is 115. The lowest BCUT2D eigenvalue weighted by molar-refractivity contribution is -0.154. The van der Waals surface area contributed by atoms with E-state index < -0.39 is 90.2 Å². The Morgan fingerprint density at radius 3 is 1.66 bits per heavy atom. The number of amides is 7. The van der Waals surface area contributed by atoms with Crippen LogP contribution in [0.5, 0.6) is 0 Å². The zero-order valence-corrected chi connectivity index (χ0v) is 41.4. The molecule has 0 spiro atoms. The molecule has 2 aliphatic rings. The monoisotopic (exact) mass is 932 g/mol. The lowest BCUT2D eigenvalue weighted by Crippen LogP contribution is -2.60. The fraction of sp³-hybridized carbons (Fsp3) is 0.600. The number of carbonyl (C=O) groups is 8. The van der Waals surface area contributed by atoms with Crippen molar-refractivity contribution in [3.05, 3.63) is 59.7 Å². The molecular formula is C50H73N7O10. The molecule has 4 rings (SSSR count). The molecule has 17 nitrogen and oxygen atoms in total. The molecule has 0 saturated heterocycles. The van der Waals surface area contributed by atoms with Gasteiger partial charge in [0.2, 0.25) is 35.4 Å². The molecule has 2 aliphatic carbocycles. The third-order valence-electron chi connectivity index (χ3n) is 13.2. The summed E-state index contributed by atoms with van der Waals surface area (Å²) in [5, 5.41) is 15.2. The van der Waals surface area contributed by atoms with E-state index in [2.05, 4.69) is 10.6 Å². The molecule has 0 bridgehead atoms. The fourth-order valence-corrected chi connectivity index (χ4v) is 9.29. The molecule has 3 N–H and O–H groups in total. The number of carboxylic acids is 1. The number of nitrogens with one attached hydrogen (secondary N) is 2. The van der Waals surface area contributed by atoms with Crippen molar-refractivity contribution in [1.82, 2.24) is 35.1 Å². The van der Waals surface area contributed by atoms with Crippen LogP contribution in [0.2, 0.25) is 0 Å². The van der Waals surface area contributed by atoms with E-state index in [-0.39, 0.29) is 43.1 Å². The highest BCUT2D eigenvalue weighted by molar-refractivity contribution is 5.97. The zero-order valence-electron chi connectivity index (χ0n) is 41.4. The number of hydrogen-bond donors (Lipinski definition) is 3. The lowest BCUT2D eigenvalue weighted by Gasteiger charge is -2.38. The van der Waals surface area contributed by atoms with Crippen molar-refractivity contribution in [2.24, 2.45) is 17.8 Å². The summed E-state index contributed by atoms with van der Waals surface area (Å²) >= 11 is 0. The van der Waals surface area contributed by atoms with Crippen molar-refractivity contribution in [1.29, 1.82) is 0 Å². The van der Waals surface area contributed by atoms with E-state index in [0.29, 0.717) is 12.8 Å². The standard InChI is InChI=1S/C50H73N7O10/c1-29(2)25-39(52-44(60)32(6)54(9)50(66)67-28-38-36-23-17-15-21-34(36)35-22-16-18-24-37(35)38)47(63)55(10)40(26-30(3)4)45(61)51-31(5)46(62)57(12)43(33-19-13-14-20-33)49(65)56(11)41(27-42(58)59)48(64)53(7)8/h15-18,21-24,29-33,38-41,43H,13-14,19-20,25-28H2,1-12H3,(H,51,61)(H,52,60)(H,58,59)/t31-,32-,39-,40-,41-,43?/m0/s1. The van der Waals surface area contributed by atoms with E-state index in [0.717, 1.165) is 40.0 Å². The first-order valence-corrected chi connectivity index (χ1v) is 23.4. The molecule has 17 heteroatoms. The third-order valence-corrected chi connectivity index (χ3v) is 13.2. The zero-order chi connectivity index (χ0) is 50.0. The van der Waals surface area contributed by atoms with Gasteiger partial charge in [0.1, 0.15) is 42.9 Å². The summed E-state index contributed by atoms with van der Waals surface area (Å²) in [6.45, 7) is 10.7. The van der Waals surface area contributed by atoms with Crippen LogP contribution >= 0.6 is 0 Å². The van der Waals surface area contributed by atoms with Gasteiger partial charge < -0.3 is 40.1 Å². The average Bonchev–Trinajstić information content (AvgIpc) is 3.93. The molecule has 0 radical (unpaired) electrons. The fourth-order valence-electron chi connectivity index (χ4n) is 9.29. The maximum atomic E-state index is 14.4. The number of aliphatic carboxylic acids is 1. The molecule has 2 aromatic carbocycles. The van der Waals surface area contributed by atoms with Crippen LogP contribution in [0.25, 0.3) is 11.1 Å². The maximum Gasteiger partial charge on any atom is 0.410 e. The third kappa shape index (κ3) is 13.1. The Kier molecular flexibility index (Phi) is 18.9. The highest BCUT2D eigenvalue weighted by atomic mass is 16.6. The van der Waals surface area contributed by atoms with Crippen LogP contribution in [0.1, 0.15) is 104 Å². The van der Waals surface area contributed by atoms with Crippen molar-refractivity contribution >= 4 is 47.5 Å². The van der Waals surface area contributed by atoms with E-state index in [1.807, 2.05) is 76.2 Å². The number of carboxylic acid groups (broad SMARTS) is 1. The van der Waals surface area contributed by atoms with Crippen LogP contribution < -0.4 is 10.6 Å². The Bertz CT molecular complexity index is 2070. The van der Waals surface area contributed by atoms with Gasteiger partial charge in [0.05, 0.1) is 6.42 Å². The van der Waals surface area contributed by atoms with Gasteiger partial charge in [-0.25, -0.2) is 4.79 Å². The predicted octanol–water partition coefficient (Wildman–Crippen LogP) is 4.57. The second kappa shape index (κ2) is 23.6. The summed E-state index contributed by atoms with van der Waals surface area (Å²) in [6.07, 6.45) is 2.03. The van der Waals surface area contributed by atoms with Gasteiger partial charge in [0, 0.05) is 48.2 Å². The van der Waals surface area contributed by atoms with Gasteiger partial charge in [-0.15, -0.1) is 0 Å². The SMILES string of the molecule is CC(C)C[C@H](NC(=O)[C@H](C)N(C)C(=O)OCC1c2ccccc2-c2ccccc21)C(=O)N(C)[C@@H](CC(C)C)C(=O)N[C@@H](C)C(=O)N(C)C(C(=O)N(C)[C@@H](CC(=O)O)C(=O)N(C)C)C1CCCC1. The van der Waals surface area contributed by atoms with Crippen molar-refractivity contribution in [2.45, 2.75) is 129 Å². The smallest absolute Gasteiger partial charge is 0.410 e. The first kappa shape index (κ1) is 53.6. The van der Waals surface area contributed by atoms with E-state index in [4.69, 9.17) is 4.74 Å². The minimum Gasteiger partial charge on any atom is -0.481 e. The molecule has 1 saturated carbocycles. The highest BCUT2D eigenvalue weighted by Crippen LogP contribution is 2.44. The molecule has 0 heterocycles. The number of ether oxygens (including phenoxy) is 1. The molecule has 1 unspecified atom stereocenters. The van der Waals surface area contributed by atoms with E-state index in [1.54, 1.807) is 6.92 Å². The minimum absolute atomic E-state index is 0.0571. The Morgan fingerprint density at radius 2 is 1.15 bits per heavy atom. The number of nitrogens with zero attached hydrogens (tertiary/aromatic N) is 5. The molecule has 368 valence electrons. The van der Waals surface area contributed by atoms with Crippen molar-refractivity contribution < 1.29 is 48.2 Å². The highest BCUT2D eigenvalue weighted by Gasteiger charge is 2.43. The first-order valence-electron chi connectivity index (χ1n) is 23.4. The summed E-state index contributed by atoms with van der Waals surface area (Å²) in [7, 11) is 8.71. The summed E-state index contributed by atoms with van der Waals surface area (Å²) < 4.78 is 5.79. The molecule has 1 fully saturated rings. The van der Waals surface area contributed by atoms with Gasteiger partial charge in [0.25, 0.3) is 0 Å². The Hall–Kier alpha value is -6.00. The Balaban J connectivity index is 1.46. The van der Waals surface area contributed by atoms with E-state index in [9.17, 15) is 43.5 Å². The predicted molar refractivity (Wildman–Crippen MR) is 253 cm³/mol. The van der Waals surface area contributed by atoms with Crippen molar-refractivity contribution in [2.75, 3.05) is 48.9 Å². The minimum atomic E-state index is -1.30. The van der Waals surface area contributed by atoms with Crippen LogP contribution in [0.3, 0.4) is 0 Å². The molecular weight excluding hydrogens is 859 g/mol. The largest absolute Gasteiger partial charge is 0.481 e. The van der Waals surface area contributed by atoms with Crippen LogP contribution in [-0.4, -0.2) is 162 Å². The molecule has 7 amide bonds.